The van der Waals surface area contributed by atoms with E-state index in [1.807, 2.05) is 30.1 Å². The molecule has 124 valence electrons. The minimum Gasteiger partial charge on any atom is -0.377 e. The Morgan fingerprint density at radius 2 is 2.43 bits per heavy atom. The lowest BCUT2D eigenvalue weighted by molar-refractivity contribution is -0.0562. The molecule has 4 heterocycles. The average molecular weight is 333 g/mol. The molecule has 4 rings (SSSR count). The Balaban J connectivity index is 1.40. The van der Waals surface area contributed by atoms with Crippen molar-refractivity contribution in [1.82, 2.24) is 14.5 Å². The fourth-order valence-corrected chi connectivity index (χ4v) is 4.45. The topological polar surface area (TPSA) is 39.5 Å². The maximum absolute atomic E-state index is 6.28. The van der Waals surface area contributed by atoms with Crippen LogP contribution in [0.25, 0.3) is 0 Å². The molecule has 0 aromatic carbocycles. The number of aromatic nitrogens is 2. The van der Waals surface area contributed by atoms with E-state index in [0.717, 1.165) is 45.8 Å². The second kappa shape index (κ2) is 6.73. The van der Waals surface area contributed by atoms with Gasteiger partial charge in [-0.15, -0.1) is 11.3 Å². The number of imidazole rings is 1. The lowest BCUT2D eigenvalue weighted by Crippen LogP contribution is -2.43. The zero-order valence-electron chi connectivity index (χ0n) is 13.3. The molecule has 2 aromatic rings. The molecular formula is C17H23N3O2S. The molecule has 2 aliphatic heterocycles. The van der Waals surface area contributed by atoms with Gasteiger partial charge in [-0.3, -0.25) is 4.90 Å². The van der Waals surface area contributed by atoms with Crippen molar-refractivity contribution in [1.29, 1.82) is 0 Å². The van der Waals surface area contributed by atoms with Crippen LogP contribution in [0.2, 0.25) is 0 Å². The van der Waals surface area contributed by atoms with E-state index >= 15 is 0 Å². The zero-order chi connectivity index (χ0) is 15.5. The van der Waals surface area contributed by atoms with Crippen LogP contribution >= 0.6 is 11.3 Å². The molecule has 23 heavy (non-hydrogen) atoms. The van der Waals surface area contributed by atoms with Crippen LogP contribution in [0.4, 0.5) is 0 Å². The Hall–Kier alpha value is -1.21. The molecule has 0 saturated carbocycles. The fraction of sp³-hybridized carbons (Fsp3) is 0.588. The Kier molecular flexibility index (Phi) is 4.48. The Bertz CT molecular complexity index is 601. The van der Waals surface area contributed by atoms with Crippen molar-refractivity contribution < 1.29 is 9.47 Å². The largest absolute Gasteiger partial charge is 0.377 e. The van der Waals surface area contributed by atoms with E-state index in [-0.39, 0.29) is 5.60 Å². The van der Waals surface area contributed by atoms with E-state index in [4.69, 9.17) is 9.47 Å². The van der Waals surface area contributed by atoms with E-state index in [1.165, 1.54) is 4.88 Å². The number of thiophene rings is 1. The van der Waals surface area contributed by atoms with E-state index in [9.17, 15) is 0 Å². The molecule has 0 bridgehead atoms. The molecule has 1 spiro atoms. The molecular weight excluding hydrogens is 310 g/mol. The van der Waals surface area contributed by atoms with Gasteiger partial charge in [-0.25, -0.2) is 4.98 Å². The highest BCUT2D eigenvalue weighted by molar-refractivity contribution is 7.09. The predicted octanol–water partition coefficient (Wildman–Crippen LogP) is 2.25. The number of hydrogen-bond acceptors (Lipinski definition) is 5. The maximum atomic E-state index is 6.28. The molecule has 0 amide bonds. The quantitative estimate of drug-likeness (QED) is 0.860. The van der Waals surface area contributed by atoms with E-state index in [1.54, 1.807) is 0 Å². The summed E-state index contributed by atoms with van der Waals surface area (Å²) in [4.78, 5) is 8.02. The maximum Gasteiger partial charge on any atom is 0.104 e. The van der Waals surface area contributed by atoms with Crippen molar-refractivity contribution in [2.24, 2.45) is 5.92 Å². The van der Waals surface area contributed by atoms with Gasteiger partial charge >= 0.3 is 0 Å². The third-order valence-electron chi connectivity index (χ3n) is 4.70. The highest BCUT2D eigenvalue weighted by Crippen LogP contribution is 2.34. The first-order valence-corrected chi connectivity index (χ1v) is 9.11. The summed E-state index contributed by atoms with van der Waals surface area (Å²) in [6.45, 7) is 6.25. The third-order valence-corrected chi connectivity index (χ3v) is 5.56. The van der Waals surface area contributed by atoms with Crippen molar-refractivity contribution in [2.75, 3.05) is 32.9 Å². The SMILES string of the molecule is c1csc(CN2CCOC[C@@]3(C[C@H](Cn4ccnc4)CO3)C2)c1. The first-order valence-electron chi connectivity index (χ1n) is 8.24. The van der Waals surface area contributed by atoms with Crippen molar-refractivity contribution in [3.05, 3.63) is 41.1 Å². The molecule has 0 aliphatic carbocycles. The van der Waals surface area contributed by atoms with Gasteiger partial charge in [0, 0.05) is 49.4 Å². The van der Waals surface area contributed by atoms with Gasteiger partial charge in [0.05, 0.1) is 26.1 Å². The molecule has 2 aromatic heterocycles. The summed E-state index contributed by atoms with van der Waals surface area (Å²) in [5.41, 5.74) is -0.140. The molecule has 2 fully saturated rings. The molecule has 0 radical (unpaired) electrons. The van der Waals surface area contributed by atoms with Crippen molar-refractivity contribution in [2.45, 2.75) is 25.1 Å². The molecule has 2 atom stereocenters. The van der Waals surface area contributed by atoms with Gasteiger partial charge in [-0.2, -0.15) is 0 Å². The van der Waals surface area contributed by atoms with Gasteiger partial charge in [0.25, 0.3) is 0 Å². The van der Waals surface area contributed by atoms with E-state index in [0.29, 0.717) is 12.5 Å². The highest BCUT2D eigenvalue weighted by atomic mass is 32.1. The summed E-state index contributed by atoms with van der Waals surface area (Å²) < 4.78 is 14.3. The standard InChI is InChI=1S/C17H23N3O2S/c1-2-16(23-7-1)10-19-5-6-21-13-17(12-19)8-15(11-22-17)9-20-4-3-18-14-20/h1-4,7,14-15H,5-6,8-13H2/t15-,17-/m1/s1. The van der Waals surface area contributed by atoms with Crippen LogP contribution in [0, 0.1) is 5.92 Å². The number of nitrogens with zero attached hydrogens (tertiary/aromatic N) is 3. The lowest BCUT2D eigenvalue weighted by atomic mass is 9.94. The molecule has 2 saturated heterocycles. The van der Waals surface area contributed by atoms with Crippen LogP contribution < -0.4 is 0 Å². The average Bonchev–Trinajstić information content (AvgIpc) is 3.25. The Morgan fingerprint density at radius 3 is 3.26 bits per heavy atom. The van der Waals surface area contributed by atoms with Crippen LogP contribution in [0.1, 0.15) is 11.3 Å². The summed E-state index contributed by atoms with van der Waals surface area (Å²) in [5, 5.41) is 2.15. The Morgan fingerprint density at radius 1 is 1.43 bits per heavy atom. The van der Waals surface area contributed by atoms with Gasteiger partial charge in [0.15, 0.2) is 0 Å². The Labute approximate surface area is 140 Å². The van der Waals surface area contributed by atoms with Crippen molar-refractivity contribution in [3.8, 4) is 0 Å². The van der Waals surface area contributed by atoms with E-state index < -0.39 is 0 Å². The molecule has 0 unspecified atom stereocenters. The predicted molar refractivity (Wildman–Crippen MR) is 89.4 cm³/mol. The molecule has 6 heteroatoms. The van der Waals surface area contributed by atoms with Crippen molar-refractivity contribution in [3.63, 3.8) is 0 Å². The normalized spacial score (nSPS) is 29.1. The van der Waals surface area contributed by atoms with Crippen molar-refractivity contribution >= 4 is 11.3 Å². The van der Waals surface area contributed by atoms with Crippen LogP contribution in [-0.2, 0) is 22.6 Å². The molecule has 5 nitrogen and oxygen atoms in total. The van der Waals surface area contributed by atoms with Crippen LogP contribution in [-0.4, -0.2) is 53.0 Å². The molecule has 0 N–H and O–H groups in total. The lowest BCUT2D eigenvalue weighted by Gasteiger charge is -2.31. The minimum atomic E-state index is -0.140. The highest BCUT2D eigenvalue weighted by Gasteiger charge is 2.43. The molecule has 2 aliphatic rings. The summed E-state index contributed by atoms with van der Waals surface area (Å²) in [5.74, 6) is 0.537. The third kappa shape index (κ3) is 3.66. The number of rotatable bonds is 4. The summed E-state index contributed by atoms with van der Waals surface area (Å²) >= 11 is 1.82. The minimum absolute atomic E-state index is 0.140. The second-order valence-corrected chi connectivity index (χ2v) is 7.70. The van der Waals surface area contributed by atoms with Gasteiger partial charge < -0.3 is 14.0 Å². The number of ether oxygens (including phenoxy) is 2. The first kappa shape index (κ1) is 15.3. The first-order chi connectivity index (χ1) is 11.3. The van der Waals surface area contributed by atoms with Gasteiger partial charge in [0.1, 0.15) is 5.60 Å². The summed E-state index contributed by atoms with van der Waals surface area (Å²) in [6.07, 6.45) is 6.81. The van der Waals surface area contributed by atoms with E-state index in [2.05, 4.69) is 32.0 Å². The van der Waals surface area contributed by atoms with Crippen LogP contribution in [0.3, 0.4) is 0 Å². The van der Waals surface area contributed by atoms with Gasteiger partial charge in [-0.05, 0) is 17.9 Å². The monoisotopic (exact) mass is 333 g/mol. The van der Waals surface area contributed by atoms with Crippen LogP contribution in [0.15, 0.2) is 36.2 Å². The second-order valence-electron chi connectivity index (χ2n) is 6.67. The van der Waals surface area contributed by atoms with Gasteiger partial charge in [-0.1, -0.05) is 6.07 Å². The summed E-state index contributed by atoms with van der Waals surface area (Å²) in [7, 11) is 0. The smallest absolute Gasteiger partial charge is 0.104 e. The fourth-order valence-electron chi connectivity index (χ4n) is 3.70. The van der Waals surface area contributed by atoms with Crippen LogP contribution in [0.5, 0.6) is 0 Å². The van der Waals surface area contributed by atoms with Gasteiger partial charge in [0.2, 0.25) is 0 Å². The zero-order valence-corrected chi connectivity index (χ0v) is 14.1. The number of hydrogen-bond donors (Lipinski definition) is 0. The summed E-state index contributed by atoms with van der Waals surface area (Å²) in [6, 6.07) is 4.33.